The zero-order valence-corrected chi connectivity index (χ0v) is 26.2. The molecule has 40 heavy (non-hydrogen) atoms. The fraction of sp³-hybridized carbons (Fsp3) is 0.765. The third kappa shape index (κ3) is 18.2. The number of hydrogen-bond acceptors (Lipinski definition) is 4. The van der Waals surface area contributed by atoms with Crippen molar-refractivity contribution in [2.45, 2.75) is 136 Å². The molecule has 6 heteroatoms. The summed E-state index contributed by atoms with van der Waals surface area (Å²) in [6.45, 7) is 11.7. The summed E-state index contributed by atoms with van der Waals surface area (Å²) in [5, 5.41) is 2.80. The molecule has 0 aromatic heterocycles. The highest BCUT2D eigenvalue weighted by Gasteiger charge is 2.26. The lowest BCUT2D eigenvalue weighted by Crippen LogP contribution is -2.52. The van der Waals surface area contributed by atoms with Gasteiger partial charge in [0.25, 0.3) is 0 Å². The van der Waals surface area contributed by atoms with Crippen molar-refractivity contribution in [3.63, 3.8) is 0 Å². The van der Waals surface area contributed by atoms with Crippen molar-refractivity contribution >= 4 is 23.5 Å². The maximum atomic E-state index is 12.6. The van der Waals surface area contributed by atoms with Gasteiger partial charge in [0.2, 0.25) is 6.08 Å². The van der Waals surface area contributed by atoms with Crippen LogP contribution >= 0.6 is 0 Å². The molecule has 6 nitrogen and oxygen atoms in total. The highest BCUT2D eigenvalue weighted by atomic mass is 16.5. The van der Waals surface area contributed by atoms with Gasteiger partial charge in [0.05, 0.1) is 25.3 Å². The van der Waals surface area contributed by atoms with E-state index in [1.165, 1.54) is 141 Å². The lowest BCUT2D eigenvalue weighted by molar-refractivity contribution is -0.929. The Balaban J connectivity index is 2.75. The maximum absolute atomic E-state index is 12.6. The van der Waals surface area contributed by atoms with Crippen molar-refractivity contribution in [3.05, 3.63) is 24.3 Å². The minimum absolute atomic E-state index is 0.427. The van der Waals surface area contributed by atoms with Crippen LogP contribution in [0.4, 0.5) is 16.2 Å². The molecule has 0 fully saturated rings. The summed E-state index contributed by atoms with van der Waals surface area (Å²) in [5.74, 6) is 0. The number of carbonyl (C=O) groups is 1. The van der Waals surface area contributed by atoms with Crippen LogP contribution < -0.4 is 5.32 Å². The van der Waals surface area contributed by atoms with E-state index in [0.29, 0.717) is 18.0 Å². The Bertz CT molecular complexity index is 749. The largest absolute Gasteiger partial charge is 0.443 e. The number of hydrogen-bond donors (Lipinski definition) is 1. The number of amides is 1. The summed E-state index contributed by atoms with van der Waals surface area (Å²) in [6.07, 6.45) is 24.7. The number of nitrogens with zero attached hydrogens (tertiary/aromatic N) is 2. The molecule has 0 bridgehead atoms. The van der Waals surface area contributed by atoms with Crippen LogP contribution in [0, 0.1) is 0 Å². The van der Waals surface area contributed by atoms with E-state index < -0.39 is 6.09 Å². The van der Waals surface area contributed by atoms with Gasteiger partial charge in [-0.25, -0.2) is 9.59 Å². The standard InChI is InChI=1S/C34H59N3O3/c1-4-7-10-13-16-19-26-37(27-20-17-14-11-8-5-2,28-21-18-15-12-9-6-3)29-30-40-34(39)36-33-24-22-32(23-25-33)35-31-38/h22-25H,4-21,26-30H2,1-3H3/p+1. The minimum atomic E-state index is -0.427. The molecule has 0 aliphatic rings. The fourth-order valence-electron chi connectivity index (χ4n) is 5.51. The summed E-state index contributed by atoms with van der Waals surface area (Å²) in [4.78, 5) is 26.6. The Morgan fingerprint density at radius 1 is 0.675 bits per heavy atom. The zero-order chi connectivity index (χ0) is 29.2. The van der Waals surface area contributed by atoms with Crippen molar-refractivity contribution < 1.29 is 18.8 Å². The number of anilines is 1. The van der Waals surface area contributed by atoms with Crippen LogP contribution in [0.25, 0.3) is 0 Å². The van der Waals surface area contributed by atoms with Crippen LogP contribution in [0.3, 0.4) is 0 Å². The Morgan fingerprint density at radius 2 is 1.10 bits per heavy atom. The number of nitrogens with one attached hydrogen (secondary N) is 1. The first kappa shape index (κ1) is 35.9. The zero-order valence-electron chi connectivity index (χ0n) is 26.2. The second-order valence-electron chi connectivity index (χ2n) is 11.6. The number of rotatable bonds is 26. The number of quaternary nitrogens is 1. The third-order valence-corrected chi connectivity index (χ3v) is 8.05. The van der Waals surface area contributed by atoms with E-state index in [2.05, 4.69) is 31.1 Å². The molecule has 0 saturated carbocycles. The van der Waals surface area contributed by atoms with E-state index in [1.807, 2.05) is 0 Å². The average Bonchev–Trinajstić information content (AvgIpc) is 2.95. The van der Waals surface area contributed by atoms with Gasteiger partial charge in [-0.1, -0.05) is 97.8 Å². The van der Waals surface area contributed by atoms with Crippen LogP contribution in [0.15, 0.2) is 29.3 Å². The van der Waals surface area contributed by atoms with Gasteiger partial charge in [0.1, 0.15) is 13.2 Å². The molecule has 228 valence electrons. The highest BCUT2D eigenvalue weighted by Crippen LogP contribution is 2.19. The van der Waals surface area contributed by atoms with Crippen molar-refractivity contribution in [2.24, 2.45) is 4.99 Å². The molecule has 0 aliphatic carbocycles. The molecule has 1 rings (SSSR count). The first-order valence-electron chi connectivity index (χ1n) is 16.6. The van der Waals surface area contributed by atoms with Gasteiger partial charge >= 0.3 is 6.09 Å². The van der Waals surface area contributed by atoms with E-state index in [4.69, 9.17) is 4.74 Å². The van der Waals surface area contributed by atoms with Crippen LogP contribution in [-0.4, -0.2) is 49.4 Å². The predicted octanol–water partition coefficient (Wildman–Crippen LogP) is 10.1. The van der Waals surface area contributed by atoms with Gasteiger partial charge in [-0.15, -0.1) is 0 Å². The number of unbranched alkanes of at least 4 members (excludes halogenated alkanes) is 15. The Morgan fingerprint density at radius 3 is 1.52 bits per heavy atom. The molecule has 1 aromatic rings. The van der Waals surface area contributed by atoms with Gasteiger partial charge in [-0.05, 0) is 62.8 Å². The van der Waals surface area contributed by atoms with Gasteiger partial charge in [0, 0.05) is 5.69 Å². The maximum Gasteiger partial charge on any atom is 0.411 e. The first-order chi connectivity index (χ1) is 19.6. The summed E-state index contributed by atoms with van der Waals surface area (Å²) in [7, 11) is 0. The number of benzene rings is 1. The first-order valence-corrected chi connectivity index (χ1v) is 16.6. The second-order valence-corrected chi connectivity index (χ2v) is 11.6. The second kappa shape index (κ2) is 24.6. The molecular formula is C34H60N3O3+. The molecular weight excluding hydrogens is 498 g/mol. The minimum Gasteiger partial charge on any atom is -0.443 e. The summed E-state index contributed by atoms with van der Waals surface area (Å²) in [6, 6.07) is 6.77. The lowest BCUT2D eigenvalue weighted by Gasteiger charge is -2.39. The quantitative estimate of drug-likeness (QED) is 0.0532. The van der Waals surface area contributed by atoms with Crippen molar-refractivity contribution in [3.8, 4) is 0 Å². The van der Waals surface area contributed by atoms with Crippen molar-refractivity contribution in [2.75, 3.05) is 38.1 Å². The van der Waals surface area contributed by atoms with Gasteiger partial charge in [-0.3, -0.25) is 5.32 Å². The van der Waals surface area contributed by atoms with Crippen LogP contribution in [0.5, 0.6) is 0 Å². The Labute approximate surface area is 246 Å². The lowest BCUT2D eigenvalue weighted by atomic mass is 10.1. The molecule has 0 heterocycles. The van der Waals surface area contributed by atoms with E-state index >= 15 is 0 Å². The molecule has 0 aliphatic heterocycles. The van der Waals surface area contributed by atoms with E-state index in [1.54, 1.807) is 24.3 Å². The number of isocyanates is 1. The summed E-state index contributed by atoms with van der Waals surface area (Å²) < 4.78 is 6.79. The normalized spacial score (nSPS) is 11.3. The fourth-order valence-corrected chi connectivity index (χ4v) is 5.51. The van der Waals surface area contributed by atoms with Gasteiger partial charge < -0.3 is 9.22 Å². The molecule has 0 radical (unpaired) electrons. The molecule has 0 saturated heterocycles. The van der Waals surface area contributed by atoms with Gasteiger partial charge in [0.15, 0.2) is 0 Å². The SMILES string of the molecule is CCCCCCCC[N+](CCCCCCCC)(CCCCCCCC)CCOC(=O)Nc1ccc(N=C=O)cc1. The Hall–Kier alpha value is -2.17. The topological polar surface area (TPSA) is 67.8 Å². The predicted molar refractivity (Wildman–Crippen MR) is 169 cm³/mol. The molecule has 1 aromatic carbocycles. The monoisotopic (exact) mass is 558 g/mol. The van der Waals surface area contributed by atoms with E-state index in [-0.39, 0.29) is 0 Å². The van der Waals surface area contributed by atoms with Crippen LogP contribution in [0.2, 0.25) is 0 Å². The third-order valence-electron chi connectivity index (χ3n) is 8.05. The smallest absolute Gasteiger partial charge is 0.411 e. The molecule has 1 amide bonds. The van der Waals surface area contributed by atoms with Crippen LogP contribution in [-0.2, 0) is 9.53 Å². The molecule has 1 N–H and O–H groups in total. The summed E-state index contributed by atoms with van der Waals surface area (Å²) in [5.41, 5.74) is 1.14. The molecule has 0 atom stereocenters. The van der Waals surface area contributed by atoms with Crippen molar-refractivity contribution in [1.82, 2.24) is 0 Å². The van der Waals surface area contributed by atoms with Crippen molar-refractivity contribution in [1.29, 1.82) is 0 Å². The van der Waals surface area contributed by atoms with E-state index in [0.717, 1.165) is 11.0 Å². The van der Waals surface area contributed by atoms with Crippen LogP contribution in [0.1, 0.15) is 136 Å². The molecule has 0 spiro atoms. The van der Waals surface area contributed by atoms with E-state index in [9.17, 15) is 9.59 Å². The number of carbonyl (C=O) groups excluding carboxylic acids is 2. The number of ether oxygens (including phenoxy) is 1. The summed E-state index contributed by atoms with van der Waals surface area (Å²) >= 11 is 0. The Kier molecular flexibility index (Phi) is 22.1. The average molecular weight is 559 g/mol. The number of aliphatic imine (C=N–C) groups is 1. The molecule has 0 unspecified atom stereocenters. The highest BCUT2D eigenvalue weighted by molar-refractivity contribution is 5.84. The van der Waals surface area contributed by atoms with Gasteiger partial charge in [-0.2, -0.15) is 4.99 Å².